The number of rotatable bonds is 3. The van der Waals surface area contributed by atoms with Gasteiger partial charge in [0.2, 0.25) is 0 Å². The maximum absolute atomic E-state index is 4.57. The number of halogens is 1. The second-order valence-electron chi connectivity index (χ2n) is 3.56. The van der Waals surface area contributed by atoms with Crippen LogP contribution >= 0.6 is 15.9 Å². The molecule has 2 rings (SSSR count). The molecule has 78 valence electrons. The molecule has 0 fully saturated rings. The Hall–Kier alpha value is -0.960. The highest BCUT2D eigenvalue weighted by molar-refractivity contribution is 9.09. The van der Waals surface area contributed by atoms with Crippen molar-refractivity contribution in [2.24, 2.45) is 0 Å². The van der Waals surface area contributed by atoms with E-state index in [0.717, 1.165) is 29.6 Å². The van der Waals surface area contributed by atoms with E-state index in [9.17, 15) is 0 Å². The van der Waals surface area contributed by atoms with Crippen molar-refractivity contribution in [3.8, 4) is 0 Å². The molecule has 0 aliphatic carbocycles. The van der Waals surface area contributed by atoms with Crippen LogP contribution in [0.2, 0.25) is 0 Å². The molecule has 0 saturated heterocycles. The van der Waals surface area contributed by atoms with Gasteiger partial charge in [0.1, 0.15) is 0 Å². The topological polar surface area (TPSA) is 25.8 Å². The summed E-state index contributed by atoms with van der Waals surface area (Å²) in [5, 5.41) is 0. The fourth-order valence-corrected chi connectivity index (χ4v) is 1.80. The Labute approximate surface area is 97.9 Å². The Bertz CT molecular complexity index is 456. The van der Waals surface area contributed by atoms with Gasteiger partial charge in [-0.3, -0.25) is 4.98 Å². The van der Waals surface area contributed by atoms with Crippen LogP contribution in [0, 0.1) is 0 Å². The summed E-state index contributed by atoms with van der Waals surface area (Å²) in [5.41, 5.74) is 2.99. The minimum atomic E-state index is 0.493. The van der Waals surface area contributed by atoms with Gasteiger partial charge in [-0.05, 0) is 18.6 Å². The van der Waals surface area contributed by atoms with Crippen molar-refractivity contribution in [3.05, 3.63) is 36.2 Å². The first-order chi connectivity index (χ1) is 7.29. The fraction of sp³-hybridized carbons (Fsp3) is 0.333. The number of nitrogens with zero attached hydrogens (tertiary/aromatic N) is 2. The number of benzene rings is 1. The highest BCUT2D eigenvalue weighted by Gasteiger charge is 2.05. The van der Waals surface area contributed by atoms with Crippen molar-refractivity contribution < 1.29 is 0 Å². The molecule has 0 amide bonds. The van der Waals surface area contributed by atoms with E-state index in [0.29, 0.717) is 4.83 Å². The van der Waals surface area contributed by atoms with Crippen molar-refractivity contribution in [1.29, 1.82) is 0 Å². The molecule has 1 unspecified atom stereocenters. The molecule has 2 nitrogen and oxygen atoms in total. The predicted molar refractivity (Wildman–Crippen MR) is 66.2 cm³/mol. The zero-order valence-electron chi connectivity index (χ0n) is 8.65. The SMILES string of the molecule is CCC(Br)Cc1cnc2ccccc2n1. The van der Waals surface area contributed by atoms with E-state index >= 15 is 0 Å². The Morgan fingerprint density at radius 1 is 1.27 bits per heavy atom. The Morgan fingerprint density at radius 3 is 2.73 bits per heavy atom. The molecule has 15 heavy (non-hydrogen) atoms. The van der Waals surface area contributed by atoms with E-state index in [1.54, 1.807) is 0 Å². The van der Waals surface area contributed by atoms with Crippen LogP contribution in [-0.4, -0.2) is 14.8 Å². The molecule has 0 radical (unpaired) electrons. The molecular weight excluding hydrogens is 252 g/mol. The lowest BCUT2D eigenvalue weighted by atomic mass is 10.2. The van der Waals surface area contributed by atoms with E-state index in [-0.39, 0.29) is 0 Å². The van der Waals surface area contributed by atoms with Gasteiger partial charge in [0.25, 0.3) is 0 Å². The Kier molecular flexibility index (Phi) is 3.31. The van der Waals surface area contributed by atoms with Crippen molar-refractivity contribution >= 4 is 27.0 Å². The van der Waals surface area contributed by atoms with Crippen LogP contribution in [0.5, 0.6) is 0 Å². The number of hydrogen-bond donors (Lipinski definition) is 0. The lowest BCUT2D eigenvalue weighted by molar-refractivity contribution is 0.808. The monoisotopic (exact) mass is 264 g/mol. The summed E-state index contributed by atoms with van der Waals surface area (Å²) in [5.74, 6) is 0. The summed E-state index contributed by atoms with van der Waals surface area (Å²) in [4.78, 5) is 9.45. The first-order valence-electron chi connectivity index (χ1n) is 5.14. The summed E-state index contributed by atoms with van der Waals surface area (Å²) in [6.07, 6.45) is 3.91. The third-order valence-corrected chi connectivity index (χ3v) is 3.34. The van der Waals surface area contributed by atoms with Crippen molar-refractivity contribution in [1.82, 2.24) is 9.97 Å². The molecule has 1 aromatic heterocycles. The Balaban J connectivity index is 2.30. The van der Waals surface area contributed by atoms with Crippen LogP contribution < -0.4 is 0 Å². The third kappa shape index (κ3) is 2.53. The summed E-state index contributed by atoms with van der Waals surface area (Å²) in [6.45, 7) is 2.16. The zero-order valence-corrected chi connectivity index (χ0v) is 10.2. The van der Waals surface area contributed by atoms with Crippen LogP contribution in [0.4, 0.5) is 0 Å². The first kappa shape index (κ1) is 10.6. The molecule has 0 aliphatic heterocycles. The average Bonchev–Trinajstić information content (AvgIpc) is 2.29. The molecule has 0 saturated carbocycles. The average molecular weight is 265 g/mol. The molecule has 0 N–H and O–H groups in total. The van der Waals surface area contributed by atoms with Gasteiger partial charge in [-0.15, -0.1) is 0 Å². The van der Waals surface area contributed by atoms with E-state index in [2.05, 4.69) is 32.8 Å². The second-order valence-corrected chi connectivity index (χ2v) is 4.85. The normalized spacial score (nSPS) is 12.9. The number of fused-ring (bicyclic) bond motifs is 1. The fourth-order valence-electron chi connectivity index (χ4n) is 1.47. The summed E-state index contributed by atoms with van der Waals surface area (Å²) in [7, 11) is 0. The predicted octanol–water partition coefficient (Wildman–Crippen LogP) is 3.35. The van der Waals surface area contributed by atoms with Gasteiger partial charge >= 0.3 is 0 Å². The molecule has 1 heterocycles. The van der Waals surface area contributed by atoms with Gasteiger partial charge in [0.15, 0.2) is 0 Å². The lowest BCUT2D eigenvalue weighted by Crippen LogP contribution is -2.03. The molecule has 0 aliphatic rings. The van der Waals surface area contributed by atoms with Crippen LogP contribution in [0.3, 0.4) is 0 Å². The number of para-hydroxylation sites is 2. The number of hydrogen-bond acceptors (Lipinski definition) is 2. The molecule has 1 atom stereocenters. The number of alkyl halides is 1. The maximum atomic E-state index is 4.57. The molecule has 1 aromatic carbocycles. The Morgan fingerprint density at radius 2 is 2.00 bits per heavy atom. The molecule has 3 heteroatoms. The third-order valence-electron chi connectivity index (χ3n) is 2.37. The van der Waals surface area contributed by atoms with E-state index in [1.165, 1.54) is 0 Å². The van der Waals surface area contributed by atoms with Gasteiger partial charge in [0, 0.05) is 17.4 Å². The molecular formula is C12H13BrN2. The van der Waals surface area contributed by atoms with Gasteiger partial charge in [-0.1, -0.05) is 35.0 Å². The standard InChI is InChI=1S/C12H13BrN2/c1-2-9(13)7-10-8-14-11-5-3-4-6-12(11)15-10/h3-6,8-9H,2,7H2,1H3. The van der Waals surface area contributed by atoms with Crippen LogP contribution in [0.1, 0.15) is 19.0 Å². The van der Waals surface area contributed by atoms with Crippen LogP contribution in [0.15, 0.2) is 30.5 Å². The summed E-state index contributed by atoms with van der Waals surface area (Å²) in [6, 6.07) is 7.96. The highest BCUT2D eigenvalue weighted by Crippen LogP contribution is 2.13. The largest absolute Gasteiger partial charge is 0.253 e. The van der Waals surface area contributed by atoms with E-state index < -0.39 is 0 Å². The molecule has 2 aromatic rings. The van der Waals surface area contributed by atoms with Crippen molar-refractivity contribution in [3.63, 3.8) is 0 Å². The molecule has 0 bridgehead atoms. The molecule has 0 spiro atoms. The van der Waals surface area contributed by atoms with Crippen molar-refractivity contribution in [2.75, 3.05) is 0 Å². The maximum Gasteiger partial charge on any atom is 0.0890 e. The van der Waals surface area contributed by atoms with Gasteiger partial charge < -0.3 is 0 Å². The zero-order chi connectivity index (χ0) is 10.7. The quantitative estimate of drug-likeness (QED) is 0.795. The van der Waals surface area contributed by atoms with Gasteiger partial charge in [0.05, 0.1) is 16.7 Å². The van der Waals surface area contributed by atoms with E-state index in [1.807, 2.05) is 30.5 Å². The van der Waals surface area contributed by atoms with Gasteiger partial charge in [-0.25, -0.2) is 4.98 Å². The van der Waals surface area contributed by atoms with Crippen LogP contribution in [0.25, 0.3) is 11.0 Å². The minimum absolute atomic E-state index is 0.493. The summed E-state index contributed by atoms with van der Waals surface area (Å²) >= 11 is 3.61. The van der Waals surface area contributed by atoms with Crippen LogP contribution in [-0.2, 0) is 6.42 Å². The lowest BCUT2D eigenvalue weighted by Gasteiger charge is -2.06. The smallest absolute Gasteiger partial charge is 0.0890 e. The second kappa shape index (κ2) is 4.71. The summed E-state index contributed by atoms with van der Waals surface area (Å²) < 4.78 is 0. The first-order valence-corrected chi connectivity index (χ1v) is 6.06. The van der Waals surface area contributed by atoms with Crippen molar-refractivity contribution in [2.45, 2.75) is 24.6 Å². The highest BCUT2D eigenvalue weighted by atomic mass is 79.9. The van der Waals surface area contributed by atoms with E-state index in [4.69, 9.17) is 0 Å². The number of aromatic nitrogens is 2. The minimum Gasteiger partial charge on any atom is -0.253 e. The van der Waals surface area contributed by atoms with Gasteiger partial charge in [-0.2, -0.15) is 0 Å².